The Balaban J connectivity index is 1.43. The molecular formula is C21H29N3O+2. The number of amides is 1. The van der Waals surface area contributed by atoms with Gasteiger partial charge in [0.1, 0.15) is 32.7 Å². The van der Waals surface area contributed by atoms with Gasteiger partial charge >= 0.3 is 0 Å². The van der Waals surface area contributed by atoms with E-state index >= 15 is 0 Å². The van der Waals surface area contributed by atoms with Crippen LogP contribution in [-0.4, -0.2) is 38.1 Å². The molecule has 132 valence electrons. The lowest BCUT2D eigenvalue weighted by Gasteiger charge is -2.32. The zero-order valence-corrected chi connectivity index (χ0v) is 15.0. The second-order valence-electron chi connectivity index (χ2n) is 7.00. The first-order valence-corrected chi connectivity index (χ1v) is 9.26. The third-order valence-electron chi connectivity index (χ3n) is 5.21. The number of rotatable bonds is 6. The van der Waals surface area contributed by atoms with E-state index in [-0.39, 0.29) is 11.9 Å². The monoisotopic (exact) mass is 339 g/mol. The number of quaternary nitrogens is 2. The summed E-state index contributed by atoms with van der Waals surface area (Å²) in [5.41, 5.74) is 2.55. The smallest absolute Gasteiger partial charge is 0.278 e. The molecule has 0 aromatic heterocycles. The molecule has 4 heteroatoms. The van der Waals surface area contributed by atoms with Crippen LogP contribution < -0.4 is 15.1 Å². The third-order valence-corrected chi connectivity index (χ3v) is 5.21. The Morgan fingerprint density at radius 2 is 1.48 bits per heavy atom. The predicted octanol–water partition coefficient (Wildman–Crippen LogP) is -0.325. The maximum absolute atomic E-state index is 12.4. The van der Waals surface area contributed by atoms with Crippen molar-refractivity contribution in [2.24, 2.45) is 0 Å². The Bertz CT molecular complexity index is 651. The molecule has 1 amide bonds. The minimum Gasteiger partial charge on any atom is -0.347 e. The van der Waals surface area contributed by atoms with Gasteiger partial charge < -0.3 is 15.1 Å². The molecule has 3 rings (SSSR count). The molecule has 0 aliphatic carbocycles. The van der Waals surface area contributed by atoms with Gasteiger partial charge in [0.2, 0.25) is 0 Å². The lowest BCUT2D eigenvalue weighted by Crippen LogP contribution is -3.29. The van der Waals surface area contributed by atoms with Gasteiger partial charge in [-0.2, -0.15) is 0 Å². The van der Waals surface area contributed by atoms with Crippen molar-refractivity contribution in [1.29, 1.82) is 0 Å². The number of carbonyl (C=O) groups excluding carboxylic acids is 1. The highest BCUT2D eigenvalue weighted by Crippen LogP contribution is 1.97. The van der Waals surface area contributed by atoms with Gasteiger partial charge in [-0.1, -0.05) is 60.7 Å². The van der Waals surface area contributed by atoms with E-state index in [2.05, 4.69) is 42.6 Å². The second-order valence-corrected chi connectivity index (χ2v) is 7.00. The number of nitrogens with one attached hydrogen (secondary N) is 3. The highest BCUT2D eigenvalue weighted by atomic mass is 16.2. The van der Waals surface area contributed by atoms with E-state index in [0.717, 1.165) is 38.3 Å². The van der Waals surface area contributed by atoms with E-state index < -0.39 is 0 Å². The maximum Gasteiger partial charge on any atom is 0.278 e. The molecule has 1 aliphatic rings. The zero-order chi connectivity index (χ0) is 17.5. The fourth-order valence-electron chi connectivity index (χ4n) is 3.54. The molecule has 1 heterocycles. The molecule has 1 saturated heterocycles. The number of hydrogen-bond donors (Lipinski definition) is 3. The molecule has 25 heavy (non-hydrogen) atoms. The normalized spacial score (nSPS) is 21.5. The minimum atomic E-state index is 0.0157. The highest BCUT2D eigenvalue weighted by molar-refractivity contribution is 5.79. The Labute approximate surface area is 150 Å². The first-order chi connectivity index (χ1) is 12.2. The van der Waals surface area contributed by atoms with Crippen LogP contribution in [-0.2, 0) is 17.9 Å². The van der Waals surface area contributed by atoms with Crippen molar-refractivity contribution in [2.45, 2.75) is 26.1 Å². The lowest BCUT2D eigenvalue weighted by molar-refractivity contribution is -1.02. The molecule has 2 aromatic rings. The van der Waals surface area contributed by atoms with E-state index in [1.807, 2.05) is 30.3 Å². The molecule has 0 saturated carbocycles. The SMILES string of the molecule is C[C@H](C(=O)NCc1ccccc1)[NH+]1CC[NH+](Cc2ccccc2)CC1. The molecule has 4 nitrogen and oxygen atoms in total. The first kappa shape index (κ1) is 17.6. The highest BCUT2D eigenvalue weighted by Gasteiger charge is 2.30. The van der Waals surface area contributed by atoms with E-state index in [1.165, 1.54) is 10.5 Å². The molecule has 3 N–H and O–H groups in total. The van der Waals surface area contributed by atoms with Crippen LogP contribution in [0.15, 0.2) is 60.7 Å². The van der Waals surface area contributed by atoms with Crippen LogP contribution in [0.2, 0.25) is 0 Å². The summed E-state index contributed by atoms with van der Waals surface area (Å²) in [4.78, 5) is 15.5. The molecular weight excluding hydrogens is 310 g/mol. The van der Waals surface area contributed by atoms with Crippen molar-refractivity contribution in [3.05, 3.63) is 71.8 Å². The molecule has 1 fully saturated rings. The summed E-state index contributed by atoms with van der Waals surface area (Å²) < 4.78 is 0. The summed E-state index contributed by atoms with van der Waals surface area (Å²) in [6, 6.07) is 20.8. The summed E-state index contributed by atoms with van der Waals surface area (Å²) in [7, 11) is 0. The number of carbonyl (C=O) groups is 1. The van der Waals surface area contributed by atoms with E-state index in [4.69, 9.17) is 0 Å². The van der Waals surface area contributed by atoms with Crippen LogP contribution >= 0.6 is 0 Å². The lowest BCUT2D eigenvalue weighted by atomic mass is 10.1. The van der Waals surface area contributed by atoms with Crippen LogP contribution in [0.4, 0.5) is 0 Å². The first-order valence-electron chi connectivity index (χ1n) is 9.26. The molecule has 1 aliphatic heterocycles. The van der Waals surface area contributed by atoms with Crippen molar-refractivity contribution >= 4 is 5.91 Å². The van der Waals surface area contributed by atoms with Crippen LogP contribution in [0.1, 0.15) is 18.1 Å². The zero-order valence-electron chi connectivity index (χ0n) is 15.0. The number of piperazine rings is 1. The topological polar surface area (TPSA) is 38.0 Å². The van der Waals surface area contributed by atoms with Gasteiger partial charge in [-0.3, -0.25) is 4.79 Å². The Kier molecular flexibility index (Phi) is 6.20. The summed E-state index contributed by atoms with van der Waals surface area (Å²) in [6.45, 7) is 8.12. The van der Waals surface area contributed by atoms with Gasteiger partial charge in [0.25, 0.3) is 5.91 Å². The summed E-state index contributed by atoms with van der Waals surface area (Å²) in [6.07, 6.45) is 0. The van der Waals surface area contributed by atoms with Crippen molar-refractivity contribution in [1.82, 2.24) is 5.32 Å². The van der Waals surface area contributed by atoms with Gasteiger partial charge in [-0.05, 0) is 12.5 Å². The van der Waals surface area contributed by atoms with E-state index in [0.29, 0.717) is 6.54 Å². The van der Waals surface area contributed by atoms with Gasteiger partial charge in [0, 0.05) is 12.1 Å². The molecule has 0 bridgehead atoms. The molecule has 0 spiro atoms. The van der Waals surface area contributed by atoms with Crippen molar-refractivity contribution in [3.63, 3.8) is 0 Å². The van der Waals surface area contributed by atoms with Crippen LogP contribution in [0, 0.1) is 0 Å². The van der Waals surface area contributed by atoms with Crippen molar-refractivity contribution in [2.75, 3.05) is 26.2 Å². The molecule has 0 unspecified atom stereocenters. The summed E-state index contributed by atoms with van der Waals surface area (Å²) in [5, 5.41) is 3.08. The van der Waals surface area contributed by atoms with Crippen LogP contribution in [0.5, 0.6) is 0 Å². The van der Waals surface area contributed by atoms with Gasteiger partial charge in [0.05, 0.1) is 0 Å². The summed E-state index contributed by atoms with van der Waals surface area (Å²) in [5.74, 6) is 0.158. The Morgan fingerprint density at radius 3 is 2.08 bits per heavy atom. The third kappa shape index (κ3) is 5.15. The largest absolute Gasteiger partial charge is 0.347 e. The number of benzene rings is 2. The van der Waals surface area contributed by atoms with E-state index in [9.17, 15) is 4.79 Å². The molecule has 0 radical (unpaired) electrons. The minimum absolute atomic E-state index is 0.0157. The Morgan fingerprint density at radius 1 is 0.920 bits per heavy atom. The molecule has 2 aromatic carbocycles. The van der Waals surface area contributed by atoms with Gasteiger partial charge in [-0.15, -0.1) is 0 Å². The van der Waals surface area contributed by atoms with Crippen LogP contribution in [0.25, 0.3) is 0 Å². The van der Waals surface area contributed by atoms with E-state index in [1.54, 1.807) is 4.90 Å². The van der Waals surface area contributed by atoms with Crippen LogP contribution in [0.3, 0.4) is 0 Å². The second kappa shape index (κ2) is 8.79. The average Bonchev–Trinajstić information content (AvgIpc) is 2.68. The fraction of sp³-hybridized carbons (Fsp3) is 0.381. The maximum atomic E-state index is 12.4. The quantitative estimate of drug-likeness (QED) is 0.663. The van der Waals surface area contributed by atoms with Gasteiger partial charge in [-0.25, -0.2) is 0 Å². The van der Waals surface area contributed by atoms with Crippen molar-refractivity contribution < 1.29 is 14.6 Å². The summed E-state index contributed by atoms with van der Waals surface area (Å²) >= 11 is 0. The standard InChI is InChI=1S/C21H27N3O/c1-18(21(25)22-16-19-8-4-2-5-9-19)24-14-12-23(13-15-24)17-20-10-6-3-7-11-20/h2-11,18H,12-17H2,1H3,(H,22,25)/p+2/t18-/m1/s1. The average molecular weight is 339 g/mol. The fourth-order valence-corrected chi connectivity index (χ4v) is 3.54. The van der Waals surface area contributed by atoms with Crippen molar-refractivity contribution in [3.8, 4) is 0 Å². The predicted molar refractivity (Wildman–Crippen MR) is 99.3 cm³/mol. The van der Waals surface area contributed by atoms with Gasteiger partial charge in [0.15, 0.2) is 6.04 Å². The Hall–Kier alpha value is -2.17. The number of hydrogen-bond acceptors (Lipinski definition) is 1. The molecule has 1 atom stereocenters.